The van der Waals surface area contributed by atoms with Gasteiger partial charge in [0.15, 0.2) is 0 Å². The summed E-state index contributed by atoms with van der Waals surface area (Å²) in [5, 5.41) is 0. The molecule has 0 unspecified atom stereocenters. The van der Waals surface area contributed by atoms with Crippen molar-refractivity contribution in [2.75, 3.05) is 0 Å². The van der Waals surface area contributed by atoms with Crippen molar-refractivity contribution in [3.05, 3.63) is 29.8 Å². The van der Waals surface area contributed by atoms with Crippen molar-refractivity contribution in [3.8, 4) is 0 Å². The Balaban J connectivity index is 2.26. The summed E-state index contributed by atoms with van der Waals surface area (Å²) in [6, 6.07) is 2.74. The molecule has 1 nitrogen and oxygen atoms in total. The first-order valence-electron chi connectivity index (χ1n) is 4.41. The summed E-state index contributed by atoms with van der Waals surface area (Å²) in [5.74, 6) is -0.199. The topological polar surface area (TPSA) is 12.9 Å². The molecule has 0 aliphatic heterocycles. The van der Waals surface area contributed by atoms with Crippen LogP contribution in [0.1, 0.15) is 25.3 Å². The number of nitrogens with zero attached hydrogens (tertiary/aromatic N) is 1. The van der Waals surface area contributed by atoms with Crippen LogP contribution in [0.3, 0.4) is 0 Å². The zero-order valence-electron chi connectivity index (χ0n) is 7.43. The molecule has 1 heterocycles. The van der Waals surface area contributed by atoms with Gasteiger partial charge >= 0.3 is 0 Å². The second kappa shape index (κ2) is 2.76. The Labute approximate surface area is 75.8 Å². The molecule has 0 amide bonds. The first-order chi connectivity index (χ1) is 6.10. The molecular weight excluding hydrogens is 172 g/mol. The molecule has 70 valence electrons. The highest BCUT2D eigenvalue weighted by Crippen LogP contribution is 2.48. The maximum absolute atomic E-state index is 13.9. The molecule has 0 N–H and O–H groups in total. The second-order valence-corrected chi connectivity index (χ2v) is 3.85. The van der Waals surface area contributed by atoms with E-state index in [0.717, 1.165) is 0 Å². The van der Waals surface area contributed by atoms with Crippen LogP contribution in [0.25, 0.3) is 0 Å². The van der Waals surface area contributed by atoms with Crippen molar-refractivity contribution >= 4 is 0 Å². The second-order valence-electron chi connectivity index (χ2n) is 3.85. The molecule has 2 rings (SSSR count). The van der Waals surface area contributed by atoms with E-state index in [-0.39, 0.29) is 0 Å². The van der Waals surface area contributed by atoms with Crippen LogP contribution in [-0.4, -0.2) is 4.98 Å². The number of halogens is 2. The van der Waals surface area contributed by atoms with Gasteiger partial charge in [0.25, 0.3) is 0 Å². The normalized spacial score (nSPS) is 32.7. The van der Waals surface area contributed by atoms with Crippen LogP contribution in [0.15, 0.2) is 18.3 Å². The predicted molar refractivity (Wildman–Crippen MR) is 45.4 cm³/mol. The Hall–Kier alpha value is -0.990. The van der Waals surface area contributed by atoms with Gasteiger partial charge < -0.3 is 0 Å². The minimum Gasteiger partial charge on any atom is -0.239 e. The van der Waals surface area contributed by atoms with E-state index in [0.29, 0.717) is 24.3 Å². The predicted octanol–water partition coefficient (Wildman–Crippen LogP) is 2.82. The number of alkyl halides is 1. The summed E-state index contributed by atoms with van der Waals surface area (Å²) in [4.78, 5) is 3.40. The fraction of sp³-hybridized carbons (Fsp3) is 0.500. The summed E-state index contributed by atoms with van der Waals surface area (Å²) in [6.07, 6.45) is 2.31. The van der Waals surface area contributed by atoms with Crippen LogP contribution in [0.5, 0.6) is 0 Å². The van der Waals surface area contributed by atoms with E-state index in [9.17, 15) is 8.78 Å². The number of rotatable bonds is 1. The van der Waals surface area contributed by atoms with Gasteiger partial charge in [-0.25, -0.2) is 9.37 Å². The van der Waals surface area contributed by atoms with Crippen LogP contribution in [0.4, 0.5) is 8.78 Å². The fourth-order valence-corrected chi connectivity index (χ4v) is 1.96. The molecule has 0 bridgehead atoms. The highest BCUT2D eigenvalue weighted by Gasteiger charge is 2.44. The Kier molecular flexibility index (Phi) is 1.82. The van der Waals surface area contributed by atoms with E-state index in [1.165, 1.54) is 12.3 Å². The smallest absolute Gasteiger partial charge is 0.213 e. The Morgan fingerprint density at radius 1 is 1.54 bits per heavy atom. The Bertz CT molecular complexity index is 318. The SMILES string of the molecule is CC1CC(F)(c2ccnc(F)c2)C1. The van der Waals surface area contributed by atoms with Crippen LogP contribution >= 0.6 is 0 Å². The van der Waals surface area contributed by atoms with Crippen molar-refractivity contribution in [1.29, 1.82) is 0 Å². The average Bonchev–Trinajstić information content (AvgIpc) is 2.02. The van der Waals surface area contributed by atoms with E-state index in [4.69, 9.17) is 0 Å². The first-order valence-corrected chi connectivity index (χ1v) is 4.41. The third-order valence-corrected chi connectivity index (χ3v) is 2.59. The summed E-state index contributed by atoms with van der Waals surface area (Å²) in [5.41, 5.74) is -0.874. The van der Waals surface area contributed by atoms with Gasteiger partial charge in [0.1, 0.15) is 5.67 Å². The molecule has 0 saturated heterocycles. The van der Waals surface area contributed by atoms with E-state index in [1.807, 2.05) is 6.92 Å². The largest absolute Gasteiger partial charge is 0.239 e. The van der Waals surface area contributed by atoms with Gasteiger partial charge in [-0.2, -0.15) is 4.39 Å². The Morgan fingerprint density at radius 3 is 2.77 bits per heavy atom. The third kappa shape index (κ3) is 1.43. The molecule has 0 atom stereocenters. The van der Waals surface area contributed by atoms with Gasteiger partial charge in [-0.3, -0.25) is 0 Å². The van der Waals surface area contributed by atoms with Crippen LogP contribution in [-0.2, 0) is 5.67 Å². The molecular formula is C10H11F2N. The molecule has 1 aliphatic carbocycles. The molecule has 1 aliphatic rings. The van der Waals surface area contributed by atoms with Crippen molar-refractivity contribution in [2.24, 2.45) is 5.92 Å². The molecule has 0 aromatic carbocycles. The molecule has 1 aromatic heterocycles. The lowest BCUT2D eigenvalue weighted by Crippen LogP contribution is -2.35. The Morgan fingerprint density at radius 2 is 2.23 bits per heavy atom. The van der Waals surface area contributed by atoms with Crippen molar-refractivity contribution in [2.45, 2.75) is 25.4 Å². The molecule has 1 fully saturated rings. The summed E-state index contributed by atoms with van der Waals surface area (Å²) < 4.78 is 26.6. The average molecular weight is 183 g/mol. The monoisotopic (exact) mass is 183 g/mol. The lowest BCUT2D eigenvalue weighted by molar-refractivity contribution is 0.0110. The zero-order valence-corrected chi connectivity index (χ0v) is 7.43. The zero-order chi connectivity index (χ0) is 9.47. The van der Waals surface area contributed by atoms with Gasteiger partial charge in [-0.1, -0.05) is 6.92 Å². The fourth-order valence-electron chi connectivity index (χ4n) is 1.96. The van der Waals surface area contributed by atoms with Gasteiger partial charge in [0.2, 0.25) is 5.95 Å². The van der Waals surface area contributed by atoms with E-state index < -0.39 is 11.6 Å². The van der Waals surface area contributed by atoms with Crippen LogP contribution in [0, 0.1) is 11.9 Å². The lowest BCUT2D eigenvalue weighted by Gasteiger charge is -2.39. The molecule has 13 heavy (non-hydrogen) atoms. The maximum atomic E-state index is 13.9. The van der Waals surface area contributed by atoms with E-state index >= 15 is 0 Å². The third-order valence-electron chi connectivity index (χ3n) is 2.59. The highest BCUT2D eigenvalue weighted by atomic mass is 19.1. The maximum Gasteiger partial charge on any atom is 0.213 e. The van der Waals surface area contributed by atoms with Crippen LogP contribution < -0.4 is 0 Å². The summed E-state index contributed by atoms with van der Waals surface area (Å²) in [6.45, 7) is 2.00. The number of hydrogen-bond acceptors (Lipinski definition) is 1. The van der Waals surface area contributed by atoms with Gasteiger partial charge in [0, 0.05) is 6.20 Å². The summed E-state index contributed by atoms with van der Waals surface area (Å²) in [7, 11) is 0. The lowest BCUT2D eigenvalue weighted by atomic mass is 9.70. The minimum atomic E-state index is -1.30. The van der Waals surface area contributed by atoms with Gasteiger partial charge in [-0.15, -0.1) is 0 Å². The van der Waals surface area contributed by atoms with E-state index in [2.05, 4.69) is 4.98 Å². The van der Waals surface area contributed by atoms with Gasteiger partial charge in [0.05, 0.1) is 0 Å². The molecule has 3 heteroatoms. The number of hydrogen-bond donors (Lipinski definition) is 0. The molecule has 1 aromatic rings. The highest BCUT2D eigenvalue weighted by molar-refractivity contribution is 5.23. The standard InChI is InChI=1S/C10H11F2N/c1-7-5-10(12,6-7)8-2-3-13-9(11)4-8/h2-4,7H,5-6H2,1H3. The number of pyridine rings is 1. The molecule has 0 spiro atoms. The van der Waals surface area contributed by atoms with Crippen molar-refractivity contribution in [1.82, 2.24) is 4.98 Å². The minimum absolute atomic E-state index is 0.404. The van der Waals surface area contributed by atoms with Gasteiger partial charge in [-0.05, 0) is 36.5 Å². The number of aromatic nitrogens is 1. The first kappa shape index (κ1) is 8.60. The van der Waals surface area contributed by atoms with Crippen molar-refractivity contribution in [3.63, 3.8) is 0 Å². The molecule has 1 saturated carbocycles. The quantitative estimate of drug-likeness (QED) is 0.610. The summed E-state index contributed by atoms with van der Waals surface area (Å²) >= 11 is 0. The van der Waals surface area contributed by atoms with Crippen molar-refractivity contribution < 1.29 is 8.78 Å². The molecule has 0 radical (unpaired) electrons. The van der Waals surface area contributed by atoms with E-state index in [1.54, 1.807) is 6.07 Å². The van der Waals surface area contributed by atoms with Crippen LogP contribution in [0.2, 0.25) is 0 Å².